The minimum absolute atomic E-state index is 0.0439. The molecular weight excluding hydrogens is 533 g/mol. The molecule has 3 rings (SSSR count). The van der Waals surface area contributed by atoms with Gasteiger partial charge in [-0.3, -0.25) is 13.9 Å². The second-order valence-corrected chi connectivity index (χ2v) is 11.1. The van der Waals surface area contributed by atoms with Crippen LogP contribution in [0.2, 0.25) is 10.0 Å². The van der Waals surface area contributed by atoms with E-state index in [1.165, 1.54) is 24.1 Å². The Morgan fingerprint density at radius 1 is 0.919 bits per heavy atom. The SMILES string of the molecule is CCC(C(=O)NC)N(Cc1c(Cl)cccc1Cl)C(=O)CN(c1ccc(C)cc1)S(=O)(=O)c1ccccc1. The molecule has 0 aliphatic carbocycles. The molecular formula is C27H29Cl2N3O4S. The lowest BCUT2D eigenvalue weighted by atomic mass is 10.1. The molecule has 0 spiro atoms. The number of nitrogens with zero attached hydrogens (tertiary/aromatic N) is 2. The van der Waals surface area contributed by atoms with Gasteiger partial charge in [0.15, 0.2) is 0 Å². The quantitative estimate of drug-likeness (QED) is 0.375. The van der Waals surface area contributed by atoms with Crippen molar-refractivity contribution in [1.82, 2.24) is 10.2 Å². The molecule has 2 amide bonds. The minimum Gasteiger partial charge on any atom is -0.357 e. The van der Waals surface area contributed by atoms with E-state index < -0.39 is 28.5 Å². The third kappa shape index (κ3) is 6.63. The first-order chi connectivity index (χ1) is 17.6. The van der Waals surface area contributed by atoms with Crippen LogP contribution >= 0.6 is 23.2 Å². The summed E-state index contributed by atoms with van der Waals surface area (Å²) in [4.78, 5) is 28.0. The summed E-state index contributed by atoms with van der Waals surface area (Å²) < 4.78 is 28.5. The van der Waals surface area contributed by atoms with Gasteiger partial charge in [-0.1, -0.05) is 72.1 Å². The molecule has 3 aromatic carbocycles. The highest BCUT2D eigenvalue weighted by Gasteiger charge is 2.33. The Bertz CT molecular complexity index is 1330. The zero-order valence-electron chi connectivity index (χ0n) is 20.8. The number of carbonyl (C=O) groups is 2. The van der Waals surface area contributed by atoms with Crippen molar-refractivity contribution in [3.8, 4) is 0 Å². The number of sulfonamides is 1. The predicted octanol–water partition coefficient (Wildman–Crippen LogP) is 5.05. The molecule has 0 radical (unpaired) electrons. The van der Waals surface area contributed by atoms with Gasteiger partial charge in [-0.05, 0) is 49.7 Å². The third-order valence-electron chi connectivity index (χ3n) is 5.95. The van der Waals surface area contributed by atoms with E-state index in [0.29, 0.717) is 27.7 Å². The molecule has 7 nitrogen and oxygen atoms in total. The maximum Gasteiger partial charge on any atom is 0.264 e. The first-order valence-electron chi connectivity index (χ1n) is 11.7. The highest BCUT2D eigenvalue weighted by atomic mass is 35.5. The lowest BCUT2D eigenvalue weighted by molar-refractivity contribution is -0.140. The van der Waals surface area contributed by atoms with E-state index >= 15 is 0 Å². The lowest BCUT2D eigenvalue weighted by Crippen LogP contribution is -2.51. The summed E-state index contributed by atoms with van der Waals surface area (Å²) in [6, 6.07) is 18.8. The van der Waals surface area contributed by atoms with Gasteiger partial charge in [0, 0.05) is 29.2 Å². The number of benzene rings is 3. The first kappa shape index (κ1) is 28.5. The number of amides is 2. The van der Waals surface area contributed by atoms with E-state index in [0.717, 1.165) is 9.87 Å². The monoisotopic (exact) mass is 561 g/mol. The molecule has 0 bridgehead atoms. The molecule has 1 unspecified atom stereocenters. The van der Waals surface area contributed by atoms with Crippen LogP contribution < -0.4 is 9.62 Å². The molecule has 196 valence electrons. The summed E-state index contributed by atoms with van der Waals surface area (Å²) in [6.07, 6.45) is 0.295. The van der Waals surface area contributed by atoms with Crippen LogP contribution in [0.15, 0.2) is 77.7 Å². The van der Waals surface area contributed by atoms with Gasteiger partial charge >= 0.3 is 0 Å². The van der Waals surface area contributed by atoms with Crippen molar-refractivity contribution in [1.29, 1.82) is 0 Å². The Morgan fingerprint density at radius 2 is 1.51 bits per heavy atom. The average Bonchev–Trinajstić information content (AvgIpc) is 2.89. The van der Waals surface area contributed by atoms with Crippen LogP contribution in [-0.4, -0.2) is 44.8 Å². The van der Waals surface area contributed by atoms with Crippen LogP contribution in [0.5, 0.6) is 0 Å². The van der Waals surface area contributed by atoms with Gasteiger partial charge in [0.25, 0.3) is 10.0 Å². The fourth-order valence-electron chi connectivity index (χ4n) is 3.90. The van der Waals surface area contributed by atoms with Gasteiger partial charge in [0.05, 0.1) is 10.6 Å². The largest absolute Gasteiger partial charge is 0.357 e. The van der Waals surface area contributed by atoms with Crippen molar-refractivity contribution >= 4 is 50.7 Å². The zero-order valence-corrected chi connectivity index (χ0v) is 23.1. The lowest BCUT2D eigenvalue weighted by Gasteiger charge is -2.33. The Labute approximate surface area is 228 Å². The van der Waals surface area contributed by atoms with E-state index in [2.05, 4.69) is 5.32 Å². The van der Waals surface area contributed by atoms with E-state index in [1.54, 1.807) is 67.6 Å². The molecule has 0 aliphatic rings. The number of anilines is 1. The molecule has 0 aliphatic heterocycles. The van der Waals surface area contributed by atoms with Gasteiger partial charge in [0.1, 0.15) is 12.6 Å². The molecule has 0 saturated heterocycles. The molecule has 3 aromatic rings. The van der Waals surface area contributed by atoms with Crippen LogP contribution in [0.3, 0.4) is 0 Å². The topological polar surface area (TPSA) is 86.8 Å². The van der Waals surface area contributed by atoms with Crippen LogP contribution in [0, 0.1) is 6.92 Å². The number of likely N-dealkylation sites (N-methyl/N-ethyl adjacent to an activating group) is 1. The standard InChI is InChI=1S/C27H29Cl2N3O4S/c1-4-25(27(34)30-3)31(17-22-23(28)11-8-12-24(22)29)26(33)18-32(20-15-13-19(2)14-16-20)37(35,36)21-9-6-5-7-10-21/h5-16,25H,4,17-18H2,1-3H3,(H,30,34). The van der Waals surface area contributed by atoms with E-state index in [1.807, 2.05) is 6.92 Å². The molecule has 10 heteroatoms. The Hall–Kier alpha value is -3.07. The predicted molar refractivity (Wildman–Crippen MR) is 147 cm³/mol. The molecule has 0 saturated carbocycles. The van der Waals surface area contributed by atoms with Crippen molar-refractivity contribution in [2.24, 2.45) is 0 Å². The van der Waals surface area contributed by atoms with Gasteiger partial charge in [-0.25, -0.2) is 8.42 Å². The van der Waals surface area contributed by atoms with Crippen LogP contribution in [0.1, 0.15) is 24.5 Å². The summed E-state index contributed by atoms with van der Waals surface area (Å²) in [5, 5.41) is 3.26. The fraction of sp³-hybridized carbons (Fsp3) is 0.259. The third-order valence-corrected chi connectivity index (χ3v) is 8.45. The number of nitrogens with one attached hydrogen (secondary N) is 1. The number of halogens is 2. The minimum atomic E-state index is -4.11. The second kappa shape index (κ2) is 12.4. The highest BCUT2D eigenvalue weighted by molar-refractivity contribution is 7.92. The molecule has 1 atom stereocenters. The van der Waals surface area contributed by atoms with Crippen molar-refractivity contribution < 1.29 is 18.0 Å². The van der Waals surface area contributed by atoms with Crippen molar-refractivity contribution in [3.63, 3.8) is 0 Å². The Morgan fingerprint density at radius 3 is 2.05 bits per heavy atom. The normalized spacial score (nSPS) is 12.0. The summed E-state index contributed by atoms with van der Waals surface area (Å²) >= 11 is 12.8. The smallest absolute Gasteiger partial charge is 0.264 e. The molecule has 0 aromatic heterocycles. The Kier molecular flexibility index (Phi) is 9.59. The van der Waals surface area contributed by atoms with Gasteiger partial charge in [-0.2, -0.15) is 0 Å². The molecule has 0 fully saturated rings. The summed E-state index contributed by atoms with van der Waals surface area (Å²) in [6.45, 7) is 3.05. The number of rotatable bonds is 10. The van der Waals surface area contributed by atoms with Crippen LogP contribution in [-0.2, 0) is 26.2 Å². The maximum absolute atomic E-state index is 13.9. The van der Waals surface area contributed by atoms with Crippen molar-refractivity contribution in [3.05, 3.63) is 94.0 Å². The van der Waals surface area contributed by atoms with E-state index in [9.17, 15) is 18.0 Å². The van der Waals surface area contributed by atoms with Crippen LogP contribution in [0.25, 0.3) is 0 Å². The molecule has 0 heterocycles. The number of hydrogen-bond donors (Lipinski definition) is 1. The first-order valence-corrected chi connectivity index (χ1v) is 13.9. The summed E-state index contributed by atoms with van der Waals surface area (Å²) in [5.41, 5.74) is 1.73. The zero-order chi connectivity index (χ0) is 27.2. The second-order valence-electron chi connectivity index (χ2n) is 8.42. The molecule has 37 heavy (non-hydrogen) atoms. The summed E-state index contributed by atoms with van der Waals surface area (Å²) in [7, 11) is -2.63. The van der Waals surface area contributed by atoms with Gasteiger partial charge in [-0.15, -0.1) is 0 Å². The average molecular weight is 563 g/mol. The Balaban J connectivity index is 2.08. The molecule has 1 N–H and O–H groups in total. The number of carbonyl (C=O) groups excluding carboxylic acids is 2. The van der Waals surface area contributed by atoms with Gasteiger partial charge < -0.3 is 10.2 Å². The highest BCUT2D eigenvalue weighted by Crippen LogP contribution is 2.28. The maximum atomic E-state index is 13.9. The van der Waals surface area contributed by atoms with E-state index in [-0.39, 0.29) is 17.3 Å². The van der Waals surface area contributed by atoms with Crippen molar-refractivity contribution in [2.75, 3.05) is 17.9 Å². The van der Waals surface area contributed by atoms with E-state index in [4.69, 9.17) is 23.2 Å². The summed E-state index contributed by atoms with van der Waals surface area (Å²) in [5.74, 6) is -0.960. The fourth-order valence-corrected chi connectivity index (χ4v) is 5.85. The van der Waals surface area contributed by atoms with Gasteiger partial charge in [0.2, 0.25) is 11.8 Å². The van der Waals surface area contributed by atoms with Crippen molar-refractivity contribution in [2.45, 2.75) is 37.8 Å². The number of hydrogen-bond acceptors (Lipinski definition) is 4. The number of aryl methyl sites for hydroxylation is 1. The van der Waals surface area contributed by atoms with Crippen LogP contribution in [0.4, 0.5) is 5.69 Å².